The highest BCUT2D eigenvalue weighted by Gasteiger charge is 2.39. The maximum Gasteiger partial charge on any atom is 0.214 e. The summed E-state index contributed by atoms with van der Waals surface area (Å²) in [5.74, 6) is 0.288. The van der Waals surface area contributed by atoms with Gasteiger partial charge in [0.2, 0.25) is 10.0 Å². The normalized spacial score (nSPS) is 25.3. The van der Waals surface area contributed by atoms with Crippen LogP contribution in [0.4, 0.5) is 0 Å². The molecule has 0 bridgehead atoms. The van der Waals surface area contributed by atoms with E-state index >= 15 is 0 Å². The van der Waals surface area contributed by atoms with Crippen LogP contribution in [0.2, 0.25) is 0 Å². The molecule has 0 aromatic carbocycles. The van der Waals surface area contributed by atoms with E-state index in [1.807, 2.05) is 13.8 Å². The van der Waals surface area contributed by atoms with Crippen molar-refractivity contribution < 1.29 is 8.42 Å². The summed E-state index contributed by atoms with van der Waals surface area (Å²) in [7, 11) is -3.05. The van der Waals surface area contributed by atoms with Gasteiger partial charge in [0.15, 0.2) is 0 Å². The van der Waals surface area contributed by atoms with Crippen molar-refractivity contribution in [3.63, 3.8) is 0 Å². The molecule has 0 unspecified atom stereocenters. The van der Waals surface area contributed by atoms with Gasteiger partial charge in [-0.05, 0) is 52.5 Å². The molecular formula is C12H24N2O2S. The van der Waals surface area contributed by atoms with Gasteiger partial charge in [0, 0.05) is 18.1 Å². The molecule has 0 radical (unpaired) electrons. The lowest BCUT2D eigenvalue weighted by atomic mass is 10.0. The summed E-state index contributed by atoms with van der Waals surface area (Å²) in [4.78, 5) is 0. The predicted molar refractivity (Wildman–Crippen MR) is 69.4 cm³/mol. The summed E-state index contributed by atoms with van der Waals surface area (Å²) >= 11 is 0. The quantitative estimate of drug-likeness (QED) is 0.733. The molecule has 2 rings (SSSR count). The summed E-state index contributed by atoms with van der Waals surface area (Å²) in [5.41, 5.74) is -0.178. The highest BCUT2D eigenvalue weighted by atomic mass is 32.2. The van der Waals surface area contributed by atoms with Crippen LogP contribution in [-0.4, -0.2) is 43.1 Å². The van der Waals surface area contributed by atoms with E-state index in [1.165, 1.54) is 12.8 Å². The highest BCUT2D eigenvalue weighted by Crippen LogP contribution is 2.31. The van der Waals surface area contributed by atoms with E-state index < -0.39 is 10.0 Å². The van der Waals surface area contributed by atoms with Crippen LogP contribution in [0.5, 0.6) is 0 Å². The third-order valence-corrected chi connectivity index (χ3v) is 5.90. The maximum absolute atomic E-state index is 12.2. The van der Waals surface area contributed by atoms with E-state index in [0.717, 1.165) is 25.8 Å². The lowest BCUT2D eigenvalue weighted by Gasteiger charge is -2.30. The molecule has 17 heavy (non-hydrogen) atoms. The van der Waals surface area contributed by atoms with E-state index in [4.69, 9.17) is 0 Å². The van der Waals surface area contributed by atoms with Crippen LogP contribution < -0.4 is 5.32 Å². The standard InChI is InChI=1S/C12H24N2O2S/c1-12(2)7-3-9-14(12)17(15,16)10-4-8-13-11-5-6-11/h11,13H,3-10H2,1-2H3. The first-order valence-corrected chi connectivity index (χ1v) is 8.27. The molecule has 2 aliphatic rings. The molecule has 0 amide bonds. The Hall–Kier alpha value is -0.130. The zero-order chi connectivity index (χ0) is 12.5. The van der Waals surface area contributed by atoms with Gasteiger partial charge in [0.25, 0.3) is 0 Å². The number of hydrogen-bond donors (Lipinski definition) is 1. The smallest absolute Gasteiger partial charge is 0.214 e. The Labute approximate surface area is 105 Å². The van der Waals surface area contributed by atoms with Crippen LogP contribution in [0.25, 0.3) is 0 Å². The predicted octanol–water partition coefficient (Wildman–Crippen LogP) is 1.33. The zero-order valence-electron chi connectivity index (χ0n) is 10.9. The van der Waals surface area contributed by atoms with Gasteiger partial charge < -0.3 is 5.32 Å². The van der Waals surface area contributed by atoms with Gasteiger partial charge in [-0.1, -0.05) is 0 Å². The second-order valence-corrected chi connectivity index (χ2v) is 7.90. The van der Waals surface area contributed by atoms with Crippen molar-refractivity contribution in [1.29, 1.82) is 0 Å². The minimum Gasteiger partial charge on any atom is -0.314 e. The van der Waals surface area contributed by atoms with E-state index in [2.05, 4.69) is 5.32 Å². The number of nitrogens with one attached hydrogen (secondary N) is 1. The molecule has 0 atom stereocenters. The molecule has 1 heterocycles. The molecule has 0 spiro atoms. The molecule has 1 saturated carbocycles. The number of hydrogen-bond acceptors (Lipinski definition) is 3. The van der Waals surface area contributed by atoms with Crippen molar-refractivity contribution in [1.82, 2.24) is 9.62 Å². The van der Waals surface area contributed by atoms with Crippen LogP contribution in [0.1, 0.15) is 46.0 Å². The third kappa shape index (κ3) is 3.42. The summed E-state index contributed by atoms with van der Waals surface area (Å²) in [5, 5.41) is 3.36. The lowest BCUT2D eigenvalue weighted by Crippen LogP contribution is -2.44. The van der Waals surface area contributed by atoms with Crippen LogP contribution in [0, 0.1) is 0 Å². The third-order valence-electron chi connectivity index (χ3n) is 3.75. The van der Waals surface area contributed by atoms with Crippen LogP contribution in [0.3, 0.4) is 0 Å². The first kappa shape index (κ1) is 13.3. The lowest BCUT2D eigenvalue weighted by molar-refractivity contribution is 0.291. The van der Waals surface area contributed by atoms with Gasteiger partial charge in [0.05, 0.1) is 5.75 Å². The Bertz CT molecular complexity index is 361. The fraction of sp³-hybridized carbons (Fsp3) is 1.00. The first-order chi connectivity index (χ1) is 7.92. The van der Waals surface area contributed by atoms with E-state index in [1.54, 1.807) is 4.31 Å². The Morgan fingerprint density at radius 1 is 1.35 bits per heavy atom. The van der Waals surface area contributed by atoms with E-state index in [0.29, 0.717) is 12.6 Å². The van der Waals surface area contributed by atoms with Gasteiger partial charge in [-0.2, -0.15) is 4.31 Å². The molecule has 1 saturated heterocycles. The molecule has 1 aliphatic carbocycles. The molecule has 5 heteroatoms. The fourth-order valence-electron chi connectivity index (χ4n) is 2.56. The van der Waals surface area contributed by atoms with Gasteiger partial charge in [-0.15, -0.1) is 0 Å². The summed E-state index contributed by atoms with van der Waals surface area (Å²) in [6, 6.07) is 0.668. The molecule has 100 valence electrons. The van der Waals surface area contributed by atoms with Crippen molar-refractivity contribution in [2.75, 3.05) is 18.8 Å². The van der Waals surface area contributed by atoms with Crippen LogP contribution >= 0.6 is 0 Å². The molecule has 2 fully saturated rings. The Kier molecular flexibility index (Phi) is 3.80. The first-order valence-electron chi connectivity index (χ1n) is 6.66. The van der Waals surface area contributed by atoms with Crippen molar-refractivity contribution in [2.24, 2.45) is 0 Å². The molecule has 1 N–H and O–H groups in total. The average Bonchev–Trinajstić information content (AvgIpc) is 2.96. The van der Waals surface area contributed by atoms with Crippen molar-refractivity contribution >= 4 is 10.0 Å². The fourth-order valence-corrected chi connectivity index (χ4v) is 4.54. The van der Waals surface area contributed by atoms with Crippen LogP contribution in [-0.2, 0) is 10.0 Å². The largest absolute Gasteiger partial charge is 0.314 e. The monoisotopic (exact) mass is 260 g/mol. The van der Waals surface area contributed by atoms with Crippen molar-refractivity contribution in [2.45, 2.75) is 57.5 Å². The van der Waals surface area contributed by atoms with Gasteiger partial charge in [-0.3, -0.25) is 0 Å². The minimum absolute atomic E-state index is 0.178. The highest BCUT2D eigenvalue weighted by molar-refractivity contribution is 7.89. The van der Waals surface area contributed by atoms with E-state index in [9.17, 15) is 8.42 Å². The number of nitrogens with zero attached hydrogens (tertiary/aromatic N) is 1. The molecule has 0 aromatic rings. The minimum atomic E-state index is -3.05. The molecule has 1 aliphatic heterocycles. The second-order valence-electron chi connectivity index (χ2n) is 5.89. The summed E-state index contributed by atoms with van der Waals surface area (Å²) in [6.07, 6.45) is 5.21. The Balaban J connectivity index is 1.80. The Morgan fingerprint density at radius 3 is 2.59 bits per heavy atom. The molecule has 0 aromatic heterocycles. The van der Waals surface area contributed by atoms with Gasteiger partial charge in [0.1, 0.15) is 0 Å². The van der Waals surface area contributed by atoms with Gasteiger partial charge >= 0.3 is 0 Å². The zero-order valence-corrected chi connectivity index (χ0v) is 11.7. The molecular weight excluding hydrogens is 236 g/mol. The van der Waals surface area contributed by atoms with Crippen molar-refractivity contribution in [3.05, 3.63) is 0 Å². The topological polar surface area (TPSA) is 49.4 Å². The Morgan fingerprint density at radius 2 is 2.06 bits per heavy atom. The van der Waals surface area contributed by atoms with Gasteiger partial charge in [-0.25, -0.2) is 8.42 Å². The molecule has 4 nitrogen and oxygen atoms in total. The van der Waals surface area contributed by atoms with E-state index in [-0.39, 0.29) is 11.3 Å². The van der Waals surface area contributed by atoms with Crippen LogP contribution in [0.15, 0.2) is 0 Å². The summed E-state index contributed by atoms with van der Waals surface area (Å²) in [6.45, 7) is 5.59. The number of sulfonamides is 1. The van der Waals surface area contributed by atoms with Crippen molar-refractivity contribution in [3.8, 4) is 0 Å². The SMILES string of the molecule is CC1(C)CCCN1S(=O)(=O)CCCNC1CC1. The average molecular weight is 260 g/mol. The number of rotatable bonds is 6. The second kappa shape index (κ2) is 4.86. The maximum atomic E-state index is 12.2. The summed E-state index contributed by atoms with van der Waals surface area (Å²) < 4.78 is 26.1.